The van der Waals surface area contributed by atoms with Gasteiger partial charge >= 0.3 is 5.76 Å². The highest BCUT2D eigenvalue weighted by Crippen LogP contribution is 2.27. The van der Waals surface area contributed by atoms with Crippen molar-refractivity contribution in [3.63, 3.8) is 0 Å². The molecule has 0 aliphatic carbocycles. The molecule has 7 heteroatoms. The number of likely N-dealkylation sites (N-methyl/N-ethyl adjacent to an activating group) is 1. The molecule has 1 aliphatic rings. The summed E-state index contributed by atoms with van der Waals surface area (Å²) in [7, 11) is 2.04. The molecule has 0 saturated heterocycles. The van der Waals surface area contributed by atoms with Crippen molar-refractivity contribution < 1.29 is 9.21 Å². The number of aromatic nitrogens is 2. The molecule has 1 aromatic heterocycles. The summed E-state index contributed by atoms with van der Waals surface area (Å²) < 4.78 is 5.96. The van der Waals surface area contributed by atoms with E-state index in [-0.39, 0.29) is 24.4 Å². The number of hydrogen-bond acceptors (Lipinski definition) is 5. The Balaban J connectivity index is 1.88. The second-order valence-electron chi connectivity index (χ2n) is 6.14. The lowest BCUT2D eigenvalue weighted by atomic mass is 10.1. The molecular formula is C17H22N4O3. The van der Waals surface area contributed by atoms with E-state index in [4.69, 9.17) is 4.42 Å². The number of amides is 1. The zero-order valence-electron chi connectivity index (χ0n) is 14.2. The number of benzene rings is 1. The van der Waals surface area contributed by atoms with Crippen LogP contribution in [-0.4, -0.2) is 40.2 Å². The largest absolute Gasteiger partial charge is 0.437 e. The molecule has 128 valence electrons. The molecule has 1 amide bonds. The second kappa shape index (κ2) is 6.51. The quantitative estimate of drug-likeness (QED) is 0.851. The van der Waals surface area contributed by atoms with E-state index in [9.17, 15) is 9.59 Å². The summed E-state index contributed by atoms with van der Waals surface area (Å²) in [5.74, 6) is -0.454. The maximum absolute atomic E-state index is 12.8. The van der Waals surface area contributed by atoms with Gasteiger partial charge in [-0.1, -0.05) is 25.1 Å². The molecule has 0 N–H and O–H groups in total. The third-order valence-corrected chi connectivity index (χ3v) is 4.45. The summed E-state index contributed by atoms with van der Waals surface area (Å²) in [4.78, 5) is 28.5. The van der Waals surface area contributed by atoms with Crippen LogP contribution in [0.1, 0.15) is 24.8 Å². The van der Waals surface area contributed by atoms with Gasteiger partial charge < -0.3 is 14.2 Å². The van der Waals surface area contributed by atoms with Gasteiger partial charge in [0.05, 0.1) is 0 Å². The fourth-order valence-corrected chi connectivity index (χ4v) is 3.21. The average Bonchev–Trinajstić information content (AvgIpc) is 2.79. The second-order valence-corrected chi connectivity index (χ2v) is 6.14. The topological polar surface area (TPSA) is 71.6 Å². The van der Waals surface area contributed by atoms with Gasteiger partial charge in [0.2, 0.25) is 11.8 Å². The Labute approximate surface area is 140 Å². The number of fused-ring (bicyclic) bond motifs is 1. The summed E-state index contributed by atoms with van der Waals surface area (Å²) in [5, 5.41) is 3.96. The molecular weight excluding hydrogens is 308 g/mol. The lowest BCUT2D eigenvalue weighted by molar-refractivity contribution is -0.135. The molecule has 1 atom stereocenters. The average molecular weight is 330 g/mol. The van der Waals surface area contributed by atoms with Crippen LogP contribution in [0.2, 0.25) is 0 Å². The van der Waals surface area contributed by atoms with Crippen LogP contribution < -0.4 is 10.7 Å². The third-order valence-electron chi connectivity index (χ3n) is 4.45. The van der Waals surface area contributed by atoms with Gasteiger partial charge in [0.15, 0.2) is 0 Å². The number of nitrogens with zero attached hydrogens (tertiary/aromatic N) is 4. The number of anilines is 1. The summed E-state index contributed by atoms with van der Waals surface area (Å²) >= 11 is 0. The third kappa shape index (κ3) is 3.06. The summed E-state index contributed by atoms with van der Waals surface area (Å²) in [6.07, 6.45) is 0.844. The molecule has 2 heterocycles. The van der Waals surface area contributed by atoms with Gasteiger partial charge in [-0.25, -0.2) is 4.79 Å². The van der Waals surface area contributed by atoms with Crippen molar-refractivity contribution in [2.75, 3.05) is 18.5 Å². The van der Waals surface area contributed by atoms with Crippen molar-refractivity contribution in [1.82, 2.24) is 14.7 Å². The van der Waals surface area contributed by atoms with Crippen LogP contribution in [0.3, 0.4) is 0 Å². The fraction of sp³-hybridized carbons (Fsp3) is 0.471. The minimum Gasteiger partial charge on any atom is -0.393 e. The predicted octanol–water partition coefficient (Wildman–Crippen LogP) is 1.40. The highest BCUT2D eigenvalue weighted by molar-refractivity contribution is 5.77. The van der Waals surface area contributed by atoms with E-state index in [1.165, 1.54) is 0 Å². The molecule has 0 radical (unpaired) electrons. The first-order valence-corrected chi connectivity index (χ1v) is 8.12. The Bertz CT molecular complexity index is 795. The maximum atomic E-state index is 12.8. The maximum Gasteiger partial charge on any atom is 0.437 e. The molecule has 0 bridgehead atoms. The summed E-state index contributed by atoms with van der Waals surface area (Å²) in [6, 6.07) is 8.18. The Morgan fingerprint density at radius 3 is 2.79 bits per heavy atom. The molecule has 0 saturated carbocycles. The van der Waals surface area contributed by atoms with Crippen LogP contribution in [0.5, 0.6) is 0 Å². The monoisotopic (exact) mass is 330 g/mol. The minimum atomic E-state index is -0.596. The Morgan fingerprint density at radius 1 is 1.38 bits per heavy atom. The number of aryl methyl sites for hydroxylation is 1. The number of carbonyl (C=O) groups excluding carboxylic acids is 1. The zero-order chi connectivity index (χ0) is 17.3. The highest BCUT2D eigenvalue weighted by atomic mass is 16.4. The minimum absolute atomic E-state index is 0.0820. The van der Waals surface area contributed by atoms with E-state index in [1.807, 2.05) is 30.1 Å². The Morgan fingerprint density at radius 2 is 2.12 bits per heavy atom. The SMILES string of the molecule is CCC1CN(C)c2ccccc2CN1C(=O)Cn1nc(C)oc1=O. The van der Waals surface area contributed by atoms with Gasteiger partial charge in [-0.15, -0.1) is 5.10 Å². The fourth-order valence-electron chi connectivity index (χ4n) is 3.21. The van der Waals surface area contributed by atoms with E-state index in [0.717, 1.165) is 28.9 Å². The Hall–Kier alpha value is -2.57. The summed E-state index contributed by atoms with van der Waals surface area (Å²) in [6.45, 7) is 4.85. The van der Waals surface area contributed by atoms with Crippen LogP contribution in [0.4, 0.5) is 5.69 Å². The lowest BCUT2D eigenvalue weighted by Gasteiger charge is -2.30. The molecule has 0 fully saturated rings. The molecule has 7 nitrogen and oxygen atoms in total. The smallest absolute Gasteiger partial charge is 0.393 e. The van der Waals surface area contributed by atoms with Crippen LogP contribution in [-0.2, 0) is 17.9 Å². The highest BCUT2D eigenvalue weighted by Gasteiger charge is 2.29. The molecule has 1 aromatic carbocycles. The molecule has 2 aromatic rings. The molecule has 1 aliphatic heterocycles. The lowest BCUT2D eigenvalue weighted by Crippen LogP contribution is -2.45. The number of carbonyl (C=O) groups is 1. The van der Waals surface area contributed by atoms with Crippen molar-refractivity contribution in [3.05, 3.63) is 46.3 Å². The summed E-state index contributed by atoms with van der Waals surface area (Å²) in [5.41, 5.74) is 2.24. The van der Waals surface area contributed by atoms with Crippen molar-refractivity contribution >= 4 is 11.6 Å². The Kier molecular flexibility index (Phi) is 4.42. The van der Waals surface area contributed by atoms with Gasteiger partial charge in [-0.05, 0) is 18.1 Å². The molecule has 0 spiro atoms. The van der Waals surface area contributed by atoms with Gasteiger partial charge in [-0.3, -0.25) is 4.79 Å². The van der Waals surface area contributed by atoms with E-state index < -0.39 is 5.76 Å². The van der Waals surface area contributed by atoms with E-state index >= 15 is 0 Å². The number of hydrogen-bond donors (Lipinski definition) is 0. The van der Waals surface area contributed by atoms with E-state index in [1.54, 1.807) is 6.92 Å². The first-order chi connectivity index (χ1) is 11.5. The van der Waals surface area contributed by atoms with Gasteiger partial charge in [0.1, 0.15) is 6.54 Å². The van der Waals surface area contributed by atoms with Crippen molar-refractivity contribution in [1.29, 1.82) is 0 Å². The van der Waals surface area contributed by atoms with E-state index in [0.29, 0.717) is 6.54 Å². The molecule has 24 heavy (non-hydrogen) atoms. The first-order valence-electron chi connectivity index (χ1n) is 8.12. The number of para-hydroxylation sites is 1. The van der Waals surface area contributed by atoms with Crippen LogP contribution >= 0.6 is 0 Å². The predicted molar refractivity (Wildman–Crippen MR) is 89.8 cm³/mol. The van der Waals surface area contributed by atoms with Crippen molar-refractivity contribution in [2.24, 2.45) is 0 Å². The van der Waals surface area contributed by atoms with Crippen LogP contribution in [0.25, 0.3) is 0 Å². The first kappa shape index (κ1) is 16.3. The standard InChI is InChI=1S/C17H22N4O3/c1-4-14-10-19(3)15-8-6-5-7-13(15)9-20(14)16(22)11-21-17(23)24-12(2)18-21/h5-8,14H,4,9-11H2,1-3H3. The van der Waals surface area contributed by atoms with Crippen molar-refractivity contribution in [2.45, 2.75) is 39.4 Å². The van der Waals surface area contributed by atoms with Crippen molar-refractivity contribution in [3.8, 4) is 0 Å². The van der Waals surface area contributed by atoms with Gasteiger partial charge in [0.25, 0.3) is 0 Å². The molecule has 1 unspecified atom stereocenters. The number of rotatable bonds is 3. The molecule has 3 rings (SSSR count). The van der Waals surface area contributed by atoms with Gasteiger partial charge in [0, 0.05) is 38.8 Å². The zero-order valence-corrected chi connectivity index (χ0v) is 14.2. The normalized spacial score (nSPS) is 17.5. The van der Waals surface area contributed by atoms with Gasteiger partial charge in [-0.2, -0.15) is 4.68 Å². The van der Waals surface area contributed by atoms with E-state index in [2.05, 4.69) is 23.0 Å². The van der Waals surface area contributed by atoms with Crippen LogP contribution in [0.15, 0.2) is 33.5 Å². The van der Waals surface area contributed by atoms with Crippen LogP contribution in [0, 0.1) is 6.92 Å².